The maximum absolute atomic E-state index is 13.7. The Morgan fingerprint density at radius 2 is 1.93 bits per heavy atom. The fourth-order valence-corrected chi connectivity index (χ4v) is 5.26. The lowest BCUT2D eigenvalue weighted by Crippen LogP contribution is -2.16. The highest BCUT2D eigenvalue weighted by Gasteiger charge is 2.35. The normalized spacial score (nSPS) is 12.9. The smallest absolute Gasteiger partial charge is 0.321 e. The number of halogens is 3. The maximum Gasteiger partial charge on any atom is 0.418 e. The largest absolute Gasteiger partial charge is 0.418 e. The third kappa shape index (κ3) is 4.62. The minimum atomic E-state index is -4.58. The minimum Gasteiger partial charge on any atom is -0.321 e. The van der Waals surface area contributed by atoms with Gasteiger partial charge in [0.2, 0.25) is 0 Å². The Balaban J connectivity index is 1.97. The molecule has 1 unspecified atom stereocenters. The SMILES string of the molecule is CCC(C)Sc1ccc(NC(=O)c2sc3nc(C)nc(C)c3c2C)c(C(F)(F)F)c1. The number of amides is 1. The average Bonchev–Trinajstić information content (AvgIpc) is 2.98. The molecule has 0 aliphatic rings. The van der Waals surface area contributed by atoms with Crippen molar-refractivity contribution in [1.82, 2.24) is 9.97 Å². The Hall–Kier alpha value is -2.13. The topological polar surface area (TPSA) is 54.9 Å². The highest BCUT2D eigenvalue weighted by Crippen LogP contribution is 2.39. The van der Waals surface area contributed by atoms with Crippen molar-refractivity contribution in [3.8, 4) is 0 Å². The van der Waals surface area contributed by atoms with Gasteiger partial charge in [-0.1, -0.05) is 13.8 Å². The summed E-state index contributed by atoms with van der Waals surface area (Å²) in [7, 11) is 0. The zero-order chi connectivity index (χ0) is 22.2. The lowest BCUT2D eigenvalue weighted by atomic mass is 10.1. The number of aromatic nitrogens is 2. The fourth-order valence-electron chi connectivity index (χ4n) is 3.13. The molecule has 4 nitrogen and oxygen atoms in total. The van der Waals surface area contributed by atoms with Crippen LogP contribution >= 0.6 is 23.1 Å². The first kappa shape index (κ1) is 22.6. The van der Waals surface area contributed by atoms with E-state index >= 15 is 0 Å². The molecule has 0 saturated heterocycles. The van der Waals surface area contributed by atoms with Gasteiger partial charge >= 0.3 is 6.18 Å². The summed E-state index contributed by atoms with van der Waals surface area (Å²) in [5.74, 6) is 0.00217. The lowest BCUT2D eigenvalue weighted by Gasteiger charge is -2.16. The molecule has 0 fully saturated rings. The van der Waals surface area contributed by atoms with E-state index in [-0.39, 0.29) is 10.9 Å². The number of nitrogens with one attached hydrogen (secondary N) is 1. The van der Waals surface area contributed by atoms with E-state index in [0.29, 0.717) is 26.0 Å². The van der Waals surface area contributed by atoms with Gasteiger partial charge in [0.25, 0.3) is 5.91 Å². The number of alkyl halides is 3. The van der Waals surface area contributed by atoms with Crippen molar-refractivity contribution >= 4 is 44.9 Å². The molecule has 0 saturated carbocycles. The van der Waals surface area contributed by atoms with Crippen molar-refractivity contribution < 1.29 is 18.0 Å². The summed E-state index contributed by atoms with van der Waals surface area (Å²) in [4.78, 5) is 23.0. The van der Waals surface area contributed by atoms with Crippen molar-refractivity contribution in [2.24, 2.45) is 0 Å². The molecule has 0 aliphatic carbocycles. The van der Waals surface area contributed by atoms with Crippen LogP contribution in [0.25, 0.3) is 10.2 Å². The van der Waals surface area contributed by atoms with Crippen LogP contribution in [0.1, 0.15) is 52.6 Å². The van der Waals surface area contributed by atoms with Crippen LogP contribution in [-0.4, -0.2) is 21.1 Å². The van der Waals surface area contributed by atoms with Crippen LogP contribution in [0.15, 0.2) is 23.1 Å². The number of hydrogen-bond donors (Lipinski definition) is 1. The van der Waals surface area contributed by atoms with Crippen molar-refractivity contribution in [3.63, 3.8) is 0 Å². The molecule has 0 aliphatic heterocycles. The third-order valence-corrected chi connectivity index (χ3v) is 7.19. The van der Waals surface area contributed by atoms with Crippen LogP contribution in [0.4, 0.5) is 18.9 Å². The van der Waals surface area contributed by atoms with E-state index in [1.807, 2.05) is 20.8 Å². The summed E-state index contributed by atoms with van der Waals surface area (Å²) in [6.07, 6.45) is -3.74. The van der Waals surface area contributed by atoms with Crippen molar-refractivity contribution in [3.05, 3.63) is 45.7 Å². The van der Waals surface area contributed by atoms with Crippen LogP contribution in [0, 0.1) is 20.8 Å². The number of benzene rings is 1. The second-order valence-corrected chi connectivity index (χ2v) is 9.60. The summed E-state index contributed by atoms with van der Waals surface area (Å²) >= 11 is 2.54. The highest BCUT2D eigenvalue weighted by atomic mass is 32.2. The predicted molar refractivity (Wildman–Crippen MR) is 117 cm³/mol. The summed E-state index contributed by atoms with van der Waals surface area (Å²) in [6, 6.07) is 4.03. The molecule has 160 valence electrons. The molecule has 1 N–H and O–H groups in total. The molecular weight excluding hydrogens is 431 g/mol. The molecule has 1 atom stereocenters. The summed E-state index contributed by atoms with van der Waals surface area (Å²) in [6.45, 7) is 9.29. The summed E-state index contributed by atoms with van der Waals surface area (Å²) in [5.41, 5.74) is 0.307. The van der Waals surface area contributed by atoms with Gasteiger partial charge in [-0.15, -0.1) is 23.1 Å². The van der Waals surface area contributed by atoms with Gasteiger partial charge in [-0.05, 0) is 51.0 Å². The minimum absolute atomic E-state index is 0.195. The number of nitrogens with zero attached hydrogens (tertiary/aromatic N) is 2. The Kier molecular flexibility index (Phi) is 6.43. The molecule has 9 heteroatoms. The van der Waals surface area contributed by atoms with E-state index in [0.717, 1.165) is 34.9 Å². The molecule has 0 bridgehead atoms. The van der Waals surface area contributed by atoms with E-state index in [2.05, 4.69) is 15.3 Å². The van der Waals surface area contributed by atoms with Gasteiger partial charge in [-0.2, -0.15) is 13.2 Å². The van der Waals surface area contributed by atoms with E-state index in [1.54, 1.807) is 19.9 Å². The lowest BCUT2D eigenvalue weighted by molar-refractivity contribution is -0.137. The van der Waals surface area contributed by atoms with Gasteiger partial charge in [0.15, 0.2) is 0 Å². The van der Waals surface area contributed by atoms with Crippen molar-refractivity contribution in [2.75, 3.05) is 5.32 Å². The predicted octanol–water partition coefficient (Wildman–Crippen LogP) is 6.78. The quantitative estimate of drug-likeness (QED) is 0.433. The molecule has 0 spiro atoms. The second-order valence-electron chi connectivity index (χ2n) is 7.09. The Labute approximate surface area is 181 Å². The van der Waals surface area contributed by atoms with E-state index in [9.17, 15) is 18.0 Å². The summed E-state index contributed by atoms with van der Waals surface area (Å²) in [5, 5.41) is 3.42. The molecule has 2 heterocycles. The number of carbonyl (C=O) groups is 1. The van der Waals surface area contributed by atoms with Gasteiger partial charge in [0.1, 0.15) is 10.7 Å². The zero-order valence-corrected chi connectivity index (χ0v) is 18.9. The molecule has 30 heavy (non-hydrogen) atoms. The van der Waals surface area contributed by atoms with Gasteiger partial charge in [-0.25, -0.2) is 9.97 Å². The fraction of sp³-hybridized carbons (Fsp3) is 0.381. The van der Waals surface area contributed by atoms with Crippen molar-refractivity contribution in [1.29, 1.82) is 0 Å². The first-order valence-corrected chi connectivity index (χ1v) is 11.1. The molecule has 3 rings (SSSR count). The van der Waals surface area contributed by atoms with E-state index < -0.39 is 17.6 Å². The number of fused-ring (bicyclic) bond motifs is 1. The number of aryl methyl sites for hydroxylation is 3. The standard InChI is InChI=1S/C21H22F3N3OS2/c1-6-10(2)29-14-7-8-16(15(9-14)21(22,23)24)27-19(28)18-11(3)17-12(4)25-13(5)26-20(17)30-18/h7-10H,6H2,1-5H3,(H,27,28). The third-order valence-electron chi connectivity index (χ3n) is 4.75. The second kappa shape index (κ2) is 8.55. The molecule has 2 aromatic heterocycles. The van der Waals surface area contributed by atoms with Crippen molar-refractivity contribution in [2.45, 2.75) is 57.4 Å². The van der Waals surface area contributed by atoms with Gasteiger partial charge in [0, 0.05) is 21.2 Å². The zero-order valence-electron chi connectivity index (χ0n) is 17.3. The molecular formula is C21H22F3N3OS2. The molecule has 1 amide bonds. The van der Waals surface area contributed by atoms with Gasteiger partial charge in [0.05, 0.1) is 16.1 Å². The van der Waals surface area contributed by atoms with Crippen LogP contribution in [0.2, 0.25) is 0 Å². The highest BCUT2D eigenvalue weighted by molar-refractivity contribution is 7.99. The van der Waals surface area contributed by atoms with Crippen LogP contribution in [0.3, 0.4) is 0 Å². The van der Waals surface area contributed by atoms with E-state index in [1.165, 1.54) is 17.8 Å². The van der Waals surface area contributed by atoms with Crippen LogP contribution in [-0.2, 0) is 6.18 Å². The Bertz CT molecular complexity index is 1110. The number of carbonyl (C=O) groups excluding carboxylic acids is 1. The number of rotatable bonds is 5. The molecule has 0 radical (unpaired) electrons. The number of thioether (sulfide) groups is 1. The molecule has 3 aromatic rings. The maximum atomic E-state index is 13.7. The van der Waals surface area contributed by atoms with E-state index in [4.69, 9.17) is 0 Å². The average molecular weight is 454 g/mol. The number of anilines is 1. The number of thiophene rings is 1. The Morgan fingerprint density at radius 1 is 1.23 bits per heavy atom. The van der Waals surface area contributed by atoms with Crippen LogP contribution in [0.5, 0.6) is 0 Å². The Morgan fingerprint density at radius 3 is 2.57 bits per heavy atom. The van der Waals surface area contributed by atoms with Gasteiger partial charge < -0.3 is 5.32 Å². The van der Waals surface area contributed by atoms with Crippen LogP contribution < -0.4 is 5.32 Å². The summed E-state index contributed by atoms with van der Waals surface area (Å²) < 4.78 is 41.0. The monoisotopic (exact) mass is 453 g/mol. The van der Waals surface area contributed by atoms with Gasteiger partial charge in [-0.3, -0.25) is 4.79 Å². The first-order valence-electron chi connectivity index (χ1n) is 9.44. The number of hydrogen-bond acceptors (Lipinski definition) is 5. The first-order chi connectivity index (χ1) is 14.0. The molecule has 1 aromatic carbocycles.